The lowest BCUT2D eigenvalue weighted by molar-refractivity contribution is -0.133. The first kappa shape index (κ1) is 12.3. The Balaban J connectivity index is 1.35. The summed E-state index contributed by atoms with van der Waals surface area (Å²) in [5.74, 6) is 1.74. The molecule has 4 rings (SSSR count). The quantitative estimate of drug-likeness (QED) is 0.814. The van der Waals surface area contributed by atoms with Crippen LogP contribution in [0.25, 0.3) is 0 Å². The summed E-state index contributed by atoms with van der Waals surface area (Å²) in [4.78, 5) is 14.7. The van der Waals surface area contributed by atoms with E-state index in [9.17, 15) is 4.79 Å². The number of aryl methyl sites for hydroxylation is 1. The number of carbonyl (C=O) groups excluding carboxylic acids is 1. The third kappa shape index (κ3) is 1.83. The second kappa shape index (κ2) is 4.80. The van der Waals surface area contributed by atoms with Crippen molar-refractivity contribution >= 4 is 5.91 Å². The molecule has 3 saturated heterocycles. The van der Waals surface area contributed by atoms with Crippen molar-refractivity contribution in [3.8, 4) is 0 Å². The van der Waals surface area contributed by atoms with E-state index >= 15 is 0 Å². The number of nitrogens with one attached hydrogen (secondary N) is 1. The van der Waals surface area contributed by atoms with Crippen LogP contribution in [0, 0.1) is 11.8 Å². The number of fused-ring (bicyclic) bond motifs is 5. The number of tetrazole rings is 1. The number of rotatable bonds is 4. The Hall–Kier alpha value is -1.50. The van der Waals surface area contributed by atoms with Gasteiger partial charge in [-0.25, -0.2) is 4.68 Å². The van der Waals surface area contributed by atoms with Crippen LogP contribution in [0.1, 0.15) is 25.7 Å². The topological polar surface area (TPSA) is 75.9 Å². The van der Waals surface area contributed by atoms with E-state index in [1.54, 1.807) is 11.0 Å². The summed E-state index contributed by atoms with van der Waals surface area (Å²) in [6, 6.07) is 1.00. The number of hydrogen-bond donors (Lipinski definition) is 1. The minimum absolute atomic E-state index is 0.333. The molecule has 1 amide bonds. The largest absolute Gasteiger partial charge is 0.336 e. The number of aromatic nitrogens is 4. The molecule has 108 valence electrons. The van der Waals surface area contributed by atoms with Gasteiger partial charge in [-0.15, -0.1) is 5.10 Å². The van der Waals surface area contributed by atoms with E-state index in [1.165, 1.54) is 12.8 Å². The van der Waals surface area contributed by atoms with Gasteiger partial charge in [0, 0.05) is 38.1 Å². The third-order valence-corrected chi connectivity index (χ3v) is 5.23. The Morgan fingerprint density at radius 2 is 2.00 bits per heavy atom. The van der Waals surface area contributed by atoms with Crippen LogP contribution in [-0.2, 0) is 11.3 Å². The summed E-state index contributed by atoms with van der Waals surface area (Å²) in [5, 5.41) is 14.5. The molecule has 3 aliphatic rings. The second-order valence-corrected chi connectivity index (χ2v) is 6.18. The molecule has 7 nitrogen and oxygen atoms in total. The first-order valence-corrected chi connectivity index (χ1v) is 7.57. The zero-order chi connectivity index (χ0) is 13.5. The van der Waals surface area contributed by atoms with Crippen LogP contribution in [0.4, 0.5) is 0 Å². The molecule has 0 unspecified atom stereocenters. The highest BCUT2D eigenvalue weighted by Crippen LogP contribution is 2.47. The minimum Gasteiger partial charge on any atom is -0.336 e. The SMILES string of the molecule is O=C(CCCn1cnnn1)N1[C@@H]2CC[C@H]1[C@H]1CNC[C@H]12. The molecule has 1 aromatic rings. The van der Waals surface area contributed by atoms with Crippen molar-refractivity contribution in [2.75, 3.05) is 13.1 Å². The lowest BCUT2D eigenvalue weighted by Crippen LogP contribution is -2.39. The van der Waals surface area contributed by atoms with Gasteiger partial charge in [-0.05, 0) is 41.5 Å². The van der Waals surface area contributed by atoms with Crippen molar-refractivity contribution < 1.29 is 4.79 Å². The number of hydrogen-bond acceptors (Lipinski definition) is 5. The molecular formula is C13H20N6O. The maximum Gasteiger partial charge on any atom is 0.223 e. The lowest BCUT2D eigenvalue weighted by atomic mass is 9.82. The van der Waals surface area contributed by atoms with E-state index in [4.69, 9.17) is 0 Å². The Morgan fingerprint density at radius 3 is 2.65 bits per heavy atom. The molecule has 4 heterocycles. The number of amides is 1. The van der Waals surface area contributed by atoms with Gasteiger partial charge in [0.05, 0.1) is 0 Å². The zero-order valence-electron chi connectivity index (χ0n) is 11.5. The normalized spacial score (nSPS) is 34.7. The van der Waals surface area contributed by atoms with Gasteiger partial charge >= 0.3 is 0 Å². The fourth-order valence-electron chi connectivity index (χ4n) is 4.44. The fraction of sp³-hybridized carbons (Fsp3) is 0.846. The van der Waals surface area contributed by atoms with Crippen molar-refractivity contribution in [1.29, 1.82) is 0 Å². The van der Waals surface area contributed by atoms with Crippen molar-refractivity contribution in [3.05, 3.63) is 6.33 Å². The minimum atomic E-state index is 0.333. The van der Waals surface area contributed by atoms with E-state index in [0.29, 0.717) is 36.2 Å². The van der Waals surface area contributed by atoms with Crippen molar-refractivity contribution in [2.24, 2.45) is 11.8 Å². The van der Waals surface area contributed by atoms with Crippen molar-refractivity contribution in [3.63, 3.8) is 0 Å². The smallest absolute Gasteiger partial charge is 0.223 e. The van der Waals surface area contributed by atoms with E-state index in [1.807, 2.05) is 0 Å². The van der Waals surface area contributed by atoms with Crippen LogP contribution in [0.5, 0.6) is 0 Å². The highest BCUT2D eigenvalue weighted by atomic mass is 16.2. The summed E-state index contributed by atoms with van der Waals surface area (Å²) in [6.45, 7) is 2.91. The molecule has 3 aliphatic heterocycles. The molecular weight excluding hydrogens is 256 g/mol. The average molecular weight is 276 g/mol. The molecule has 0 saturated carbocycles. The van der Waals surface area contributed by atoms with Crippen LogP contribution in [-0.4, -0.2) is 56.2 Å². The Kier molecular flexibility index (Phi) is 2.94. The Labute approximate surface area is 117 Å². The zero-order valence-corrected chi connectivity index (χ0v) is 11.5. The monoisotopic (exact) mass is 276 g/mol. The molecule has 20 heavy (non-hydrogen) atoms. The van der Waals surface area contributed by atoms with Gasteiger partial charge < -0.3 is 10.2 Å². The van der Waals surface area contributed by atoms with Gasteiger partial charge in [-0.3, -0.25) is 4.79 Å². The maximum absolute atomic E-state index is 12.5. The van der Waals surface area contributed by atoms with Crippen molar-refractivity contribution in [1.82, 2.24) is 30.4 Å². The Bertz CT molecular complexity index is 471. The van der Waals surface area contributed by atoms with Crippen LogP contribution >= 0.6 is 0 Å². The number of carbonyl (C=O) groups is 1. The molecule has 4 atom stereocenters. The molecule has 1 aromatic heterocycles. The summed E-state index contributed by atoms with van der Waals surface area (Å²) in [7, 11) is 0. The molecule has 0 aliphatic carbocycles. The van der Waals surface area contributed by atoms with Crippen LogP contribution < -0.4 is 5.32 Å². The van der Waals surface area contributed by atoms with Gasteiger partial charge in [-0.1, -0.05) is 0 Å². The standard InChI is InChI=1S/C13H20N6O/c20-13(2-1-5-18-8-15-16-17-18)19-11-3-4-12(19)10-7-14-6-9(10)11/h8-12,14H,1-7H2/t9-,10+,11-,12+. The molecule has 1 N–H and O–H groups in total. The lowest BCUT2D eigenvalue weighted by Gasteiger charge is -2.24. The summed E-state index contributed by atoms with van der Waals surface area (Å²) < 4.78 is 1.69. The van der Waals surface area contributed by atoms with Crippen LogP contribution in [0.2, 0.25) is 0 Å². The van der Waals surface area contributed by atoms with E-state index in [0.717, 1.165) is 26.1 Å². The third-order valence-electron chi connectivity index (χ3n) is 5.23. The predicted molar refractivity (Wildman–Crippen MR) is 70.6 cm³/mol. The van der Waals surface area contributed by atoms with E-state index in [2.05, 4.69) is 25.7 Å². The first-order valence-electron chi connectivity index (χ1n) is 7.57. The summed E-state index contributed by atoms with van der Waals surface area (Å²) in [5.41, 5.74) is 0. The van der Waals surface area contributed by atoms with Gasteiger partial charge in [-0.2, -0.15) is 0 Å². The molecule has 0 spiro atoms. The second-order valence-electron chi connectivity index (χ2n) is 6.18. The highest BCUT2D eigenvalue weighted by molar-refractivity contribution is 5.77. The predicted octanol–water partition coefficient (Wildman–Crippen LogP) is -0.338. The first-order chi connectivity index (χ1) is 9.84. The molecule has 3 fully saturated rings. The van der Waals surface area contributed by atoms with E-state index < -0.39 is 0 Å². The Morgan fingerprint density at radius 1 is 1.25 bits per heavy atom. The fourth-order valence-corrected chi connectivity index (χ4v) is 4.44. The van der Waals surface area contributed by atoms with Gasteiger partial charge in [0.25, 0.3) is 0 Å². The molecule has 7 heteroatoms. The summed E-state index contributed by atoms with van der Waals surface area (Å²) >= 11 is 0. The molecule has 0 radical (unpaired) electrons. The van der Waals surface area contributed by atoms with Crippen LogP contribution in [0.15, 0.2) is 6.33 Å². The summed E-state index contributed by atoms with van der Waals surface area (Å²) in [6.07, 6.45) is 5.42. The highest BCUT2D eigenvalue weighted by Gasteiger charge is 2.55. The van der Waals surface area contributed by atoms with Gasteiger partial charge in [0.1, 0.15) is 6.33 Å². The average Bonchev–Trinajstić information content (AvgIpc) is 3.20. The number of nitrogens with zero attached hydrogens (tertiary/aromatic N) is 5. The molecule has 2 bridgehead atoms. The van der Waals surface area contributed by atoms with Gasteiger partial charge in [0.15, 0.2) is 0 Å². The molecule has 0 aromatic carbocycles. The van der Waals surface area contributed by atoms with E-state index in [-0.39, 0.29) is 0 Å². The van der Waals surface area contributed by atoms with Crippen LogP contribution in [0.3, 0.4) is 0 Å². The van der Waals surface area contributed by atoms with Gasteiger partial charge in [0.2, 0.25) is 5.91 Å². The van der Waals surface area contributed by atoms with Crippen molar-refractivity contribution in [2.45, 2.75) is 44.3 Å². The maximum atomic E-state index is 12.5.